The number of fused-ring (bicyclic) bond motifs is 1. The van der Waals surface area contributed by atoms with Crippen molar-refractivity contribution >= 4 is 27.5 Å². The zero-order valence-electron chi connectivity index (χ0n) is 12.6. The maximum atomic E-state index is 11.9. The van der Waals surface area contributed by atoms with E-state index in [0.717, 1.165) is 19.4 Å². The van der Waals surface area contributed by atoms with Crippen molar-refractivity contribution in [3.05, 3.63) is 51.9 Å². The van der Waals surface area contributed by atoms with Gasteiger partial charge in [0, 0.05) is 25.8 Å². The van der Waals surface area contributed by atoms with Crippen molar-refractivity contribution in [2.45, 2.75) is 19.3 Å². The molecule has 1 aliphatic rings. The molecule has 5 heteroatoms. The molecule has 1 N–H and O–H groups in total. The van der Waals surface area contributed by atoms with Gasteiger partial charge in [-0.3, -0.25) is 4.79 Å². The molecule has 0 aliphatic carbocycles. The number of furan rings is 1. The van der Waals surface area contributed by atoms with Gasteiger partial charge in [0.1, 0.15) is 0 Å². The van der Waals surface area contributed by atoms with Gasteiger partial charge in [-0.05, 0) is 64.5 Å². The minimum Gasteiger partial charge on any atom is -0.444 e. The van der Waals surface area contributed by atoms with Gasteiger partial charge in [0.2, 0.25) is 0 Å². The molecule has 3 rings (SSSR count). The topological polar surface area (TPSA) is 45.5 Å². The van der Waals surface area contributed by atoms with E-state index in [1.165, 1.54) is 23.2 Å². The Kier molecular flexibility index (Phi) is 4.52. The van der Waals surface area contributed by atoms with Crippen LogP contribution in [0.15, 0.2) is 39.4 Å². The Bertz CT molecular complexity index is 681. The zero-order valence-corrected chi connectivity index (χ0v) is 14.1. The van der Waals surface area contributed by atoms with Crippen LogP contribution in [0.1, 0.15) is 28.1 Å². The largest absolute Gasteiger partial charge is 0.444 e. The smallest absolute Gasteiger partial charge is 0.287 e. The zero-order chi connectivity index (χ0) is 15.5. The first-order chi connectivity index (χ1) is 10.6. The van der Waals surface area contributed by atoms with Crippen LogP contribution in [0.2, 0.25) is 0 Å². The van der Waals surface area contributed by atoms with E-state index < -0.39 is 0 Å². The number of carbonyl (C=O) groups excluding carboxylic acids is 1. The quantitative estimate of drug-likeness (QED) is 0.906. The summed E-state index contributed by atoms with van der Waals surface area (Å²) in [5, 5.41) is 2.89. The summed E-state index contributed by atoms with van der Waals surface area (Å²) in [5.41, 5.74) is 4.00. The monoisotopic (exact) mass is 362 g/mol. The van der Waals surface area contributed by atoms with Crippen LogP contribution in [-0.4, -0.2) is 26.0 Å². The second-order valence-electron chi connectivity index (χ2n) is 5.60. The summed E-state index contributed by atoms with van der Waals surface area (Å²) in [6.07, 6.45) is 3.17. The molecule has 0 saturated carbocycles. The SMILES string of the molecule is CN1CCCc2cc(CCNC(=O)c3ccc(Br)o3)ccc21. The first kappa shape index (κ1) is 15.2. The van der Waals surface area contributed by atoms with Crippen LogP contribution in [0.4, 0.5) is 5.69 Å². The van der Waals surface area contributed by atoms with E-state index in [1.807, 2.05) is 0 Å². The number of amides is 1. The molecule has 2 heterocycles. The van der Waals surface area contributed by atoms with Gasteiger partial charge in [-0.2, -0.15) is 0 Å². The lowest BCUT2D eigenvalue weighted by atomic mass is 9.98. The number of hydrogen-bond donors (Lipinski definition) is 1. The van der Waals surface area contributed by atoms with Gasteiger partial charge in [-0.15, -0.1) is 0 Å². The molecule has 0 radical (unpaired) electrons. The highest BCUT2D eigenvalue weighted by molar-refractivity contribution is 9.10. The Balaban J connectivity index is 1.57. The molecule has 0 fully saturated rings. The molecule has 0 bridgehead atoms. The van der Waals surface area contributed by atoms with E-state index in [-0.39, 0.29) is 5.91 Å². The number of hydrogen-bond acceptors (Lipinski definition) is 3. The number of aryl methyl sites for hydroxylation is 1. The van der Waals surface area contributed by atoms with Gasteiger partial charge in [0.05, 0.1) is 0 Å². The average molecular weight is 363 g/mol. The number of rotatable bonds is 4. The molecule has 116 valence electrons. The molecule has 1 amide bonds. The first-order valence-electron chi connectivity index (χ1n) is 7.50. The molecular weight excluding hydrogens is 344 g/mol. The fraction of sp³-hybridized carbons (Fsp3) is 0.353. The number of carbonyl (C=O) groups is 1. The third kappa shape index (κ3) is 3.35. The summed E-state index contributed by atoms with van der Waals surface area (Å²) in [5.74, 6) is 0.155. The van der Waals surface area contributed by atoms with Crippen molar-refractivity contribution in [1.82, 2.24) is 5.32 Å². The van der Waals surface area contributed by atoms with Crippen molar-refractivity contribution in [1.29, 1.82) is 0 Å². The van der Waals surface area contributed by atoms with Gasteiger partial charge in [0.25, 0.3) is 5.91 Å². The van der Waals surface area contributed by atoms with Crippen LogP contribution in [0, 0.1) is 0 Å². The minimum atomic E-state index is -0.177. The van der Waals surface area contributed by atoms with Crippen molar-refractivity contribution < 1.29 is 9.21 Å². The molecule has 1 aromatic heterocycles. The summed E-state index contributed by atoms with van der Waals surface area (Å²) >= 11 is 3.19. The van der Waals surface area contributed by atoms with Gasteiger partial charge in [-0.1, -0.05) is 12.1 Å². The molecule has 2 aromatic rings. The third-order valence-electron chi connectivity index (χ3n) is 3.99. The fourth-order valence-corrected chi connectivity index (χ4v) is 3.14. The normalized spacial score (nSPS) is 13.8. The second kappa shape index (κ2) is 6.57. The van der Waals surface area contributed by atoms with Crippen molar-refractivity contribution in [3.8, 4) is 0 Å². The van der Waals surface area contributed by atoms with Crippen LogP contribution < -0.4 is 10.2 Å². The van der Waals surface area contributed by atoms with E-state index in [9.17, 15) is 4.79 Å². The molecule has 0 spiro atoms. The van der Waals surface area contributed by atoms with Crippen LogP contribution in [0.3, 0.4) is 0 Å². The van der Waals surface area contributed by atoms with Gasteiger partial charge in [-0.25, -0.2) is 0 Å². The average Bonchev–Trinajstić information content (AvgIpc) is 2.94. The third-order valence-corrected chi connectivity index (χ3v) is 4.42. The highest BCUT2D eigenvalue weighted by Crippen LogP contribution is 2.26. The van der Waals surface area contributed by atoms with Gasteiger partial charge in [0.15, 0.2) is 10.4 Å². The van der Waals surface area contributed by atoms with Crippen LogP contribution in [0.5, 0.6) is 0 Å². The minimum absolute atomic E-state index is 0.177. The molecule has 22 heavy (non-hydrogen) atoms. The predicted molar refractivity (Wildman–Crippen MR) is 90.5 cm³/mol. The lowest BCUT2D eigenvalue weighted by Crippen LogP contribution is -2.26. The van der Waals surface area contributed by atoms with E-state index >= 15 is 0 Å². The molecule has 0 atom stereocenters. The first-order valence-corrected chi connectivity index (χ1v) is 8.29. The highest BCUT2D eigenvalue weighted by atomic mass is 79.9. The van der Waals surface area contributed by atoms with Gasteiger partial charge < -0.3 is 14.6 Å². The second-order valence-corrected chi connectivity index (χ2v) is 6.38. The lowest BCUT2D eigenvalue weighted by molar-refractivity contribution is 0.0925. The Morgan fingerprint density at radius 1 is 1.36 bits per heavy atom. The van der Waals surface area contributed by atoms with Crippen LogP contribution in [0.25, 0.3) is 0 Å². The Hall–Kier alpha value is -1.75. The summed E-state index contributed by atoms with van der Waals surface area (Å²) in [6, 6.07) is 9.98. The molecule has 4 nitrogen and oxygen atoms in total. The molecule has 1 aromatic carbocycles. The Morgan fingerprint density at radius 3 is 3.00 bits per heavy atom. The Labute approximate surface area is 138 Å². The highest BCUT2D eigenvalue weighted by Gasteiger charge is 2.14. The number of nitrogens with one attached hydrogen (secondary N) is 1. The lowest BCUT2D eigenvalue weighted by Gasteiger charge is -2.27. The van der Waals surface area contributed by atoms with E-state index in [4.69, 9.17) is 4.42 Å². The summed E-state index contributed by atoms with van der Waals surface area (Å²) in [7, 11) is 2.14. The van der Waals surface area contributed by atoms with Crippen molar-refractivity contribution in [3.63, 3.8) is 0 Å². The molecule has 0 saturated heterocycles. The van der Waals surface area contributed by atoms with Crippen LogP contribution in [-0.2, 0) is 12.8 Å². The predicted octanol–water partition coefficient (Wildman–Crippen LogP) is 3.40. The standard InChI is InChI=1S/C17H19BrN2O2/c1-20-10-2-3-13-11-12(4-5-14(13)20)8-9-19-17(21)15-6-7-16(18)22-15/h4-7,11H,2-3,8-10H2,1H3,(H,19,21). The number of nitrogens with zero attached hydrogens (tertiary/aromatic N) is 1. The van der Waals surface area contributed by atoms with Gasteiger partial charge >= 0.3 is 0 Å². The summed E-state index contributed by atoms with van der Waals surface area (Å²) in [6.45, 7) is 1.73. The summed E-state index contributed by atoms with van der Waals surface area (Å²) < 4.78 is 5.80. The maximum absolute atomic E-state index is 11.9. The van der Waals surface area contributed by atoms with E-state index in [0.29, 0.717) is 17.0 Å². The number of anilines is 1. The summed E-state index contributed by atoms with van der Waals surface area (Å²) in [4.78, 5) is 14.2. The van der Waals surface area contributed by atoms with Crippen molar-refractivity contribution in [2.75, 3.05) is 25.0 Å². The maximum Gasteiger partial charge on any atom is 0.287 e. The van der Waals surface area contributed by atoms with E-state index in [1.54, 1.807) is 12.1 Å². The fourth-order valence-electron chi connectivity index (χ4n) is 2.84. The molecule has 0 unspecified atom stereocenters. The van der Waals surface area contributed by atoms with Crippen LogP contribution >= 0.6 is 15.9 Å². The van der Waals surface area contributed by atoms with E-state index in [2.05, 4.69) is 51.4 Å². The number of benzene rings is 1. The molecular formula is C17H19BrN2O2. The Morgan fingerprint density at radius 2 is 2.23 bits per heavy atom. The molecule has 1 aliphatic heterocycles. The number of halogens is 1. The van der Waals surface area contributed by atoms with Crippen molar-refractivity contribution in [2.24, 2.45) is 0 Å².